The smallest absolute Gasteiger partial charge is 0.400 e. The lowest BCUT2D eigenvalue weighted by atomic mass is 9.97. The van der Waals surface area contributed by atoms with Crippen LogP contribution in [0.2, 0.25) is 5.02 Å². The number of sulfone groups is 1. The number of nitrogens with zero attached hydrogens (tertiary/aromatic N) is 1. The minimum atomic E-state index is -4.98. The number of carbonyl (C=O) groups excluding carboxylic acids is 1. The summed E-state index contributed by atoms with van der Waals surface area (Å²) in [4.78, 5) is 11.8. The third kappa shape index (κ3) is 5.40. The molecule has 0 aliphatic heterocycles. The molecule has 2 aromatic rings. The van der Waals surface area contributed by atoms with Crippen LogP contribution in [0.5, 0.6) is 5.75 Å². The number of phenolic OH excluding ortho intramolecular Hbond substituents is 1. The van der Waals surface area contributed by atoms with Gasteiger partial charge in [0.05, 0.1) is 10.6 Å². The summed E-state index contributed by atoms with van der Waals surface area (Å²) in [6.07, 6.45) is -5.16. The topological polar surface area (TPSA) is 107 Å². The number of carbonyl (C=O) groups is 1. The third-order valence-corrected chi connectivity index (χ3v) is 5.42. The molecule has 1 amide bonds. The highest BCUT2D eigenvalue weighted by Crippen LogP contribution is 2.35. The van der Waals surface area contributed by atoms with E-state index in [-0.39, 0.29) is 21.8 Å². The molecule has 0 spiro atoms. The van der Waals surface area contributed by atoms with E-state index in [2.05, 4.69) is 5.32 Å². The largest absolute Gasteiger partial charge is 0.506 e. The summed E-state index contributed by atoms with van der Waals surface area (Å²) in [5, 5.41) is 20.9. The third-order valence-electron chi connectivity index (χ3n) is 3.97. The first kappa shape index (κ1) is 22.5. The molecule has 29 heavy (non-hydrogen) atoms. The first-order valence-corrected chi connectivity index (χ1v) is 10.2. The molecular weight excluding hydrogens is 433 g/mol. The average Bonchev–Trinajstić information content (AvgIpc) is 2.58. The van der Waals surface area contributed by atoms with Gasteiger partial charge in [-0.3, -0.25) is 4.79 Å². The Hall–Kier alpha value is -2.77. The van der Waals surface area contributed by atoms with Crippen molar-refractivity contribution in [2.75, 3.05) is 11.6 Å². The van der Waals surface area contributed by atoms with Crippen LogP contribution in [0.4, 0.5) is 18.9 Å². The van der Waals surface area contributed by atoms with Crippen LogP contribution >= 0.6 is 11.6 Å². The summed E-state index contributed by atoms with van der Waals surface area (Å²) in [5.41, 5.74) is -0.315. The van der Waals surface area contributed by atoms with Crippen LogP contribution in [0.1, 0.15) is 11.1 Å². The summed E-state index contributed by atoms with van der Waals surface area (Å²) in [7, 11) is -3.88. The molecule has 6 nitrogen and oxygen atoms in total. The second kappa shape index (κ2) is 8.31. The lowest BCUT2D eigenvalue weighted by molar-refractivity contribution is -0.179. The first-order chi connectivity index (χ1) is 13.3. The Labute approximate surface area is 169 Å². The second-order valence-corrected chi connectivity index (χ2v) is 8.52. The average molecular weight is 447 g/mol. The minimum Gasteiger partial charge on any atom is -0.506 e. The molecule has 0 fully saturated rings. The number of para-hydroxylation sites is 1. The predicted molar refractivity (Wildman–Crippen MR) is 99.3 cm³/mol. The number of phenols is 1. The van der Waals surface area contributed by atoms with Gasteiger partial charge in [-0.1, -0.05) is 23.7 Å². The van der Waals surface area contributed by atoms with Crippen LogP contribution in [0.15, 0.2) is 41.3 Å². The number of nitriles is 1. The molecule has 0 radical (unpaired) electrons. The van der Waals surface area contributed by atoms with Crippen molar-refractivity contribution in [2.24, 2.45) is 5.92 Å². The number of halogens is 4. The van der Waals surface area contributed by atoms with Crippen molar-refractivity contribution >= 4 is 33.0 Å². The summed E-state index contributed by atoms with van der Waals surface area (Å²) in [6, 6.07) is 8.70. The number of anilines is 1. The van der Waals surface area contributed by atoms with E-state index >= 15 is 0 Å². The van der Waals surface area contributed by atoms with E-state index in [1.54, 1.807) is 6.07 Å². The molecule has 0 saturated carbocycles. The molecule has 1 unspecified atom stereocenters. The molecule has 11 heteroatoms. The van der Waals surface area contributed by atoms with Crippen LogP contribution < -0.4 is 5.32 Å². The molecule has 1 atom stereocenters. The fourth-order valence-corrected chi connectivity index (χ4v) is 3.55. The van der Waals surface area contributed by atoms with Crippen LogP contribution in [-0.4, -0.2) is 31.9 Å². The van der Waals surface area contributed by atoms with Gasteiger partial charge < -0.3 is 10.4 Å². The zero-order chi connectivity index (χ0) is 22.0. The Morgan fingerprint density at radius 3 is 2.48 bits per heavy atom. The zero-order valence-corrected chi connectivity index (χ0v) is 16.4. The van der Waals surface area contributed by atoms with Gasteiger partial charge in [0.15, 0.2) is 9.84 Å². The van der Waals surface area contributed by atoms with Crippen molar-refractivity contribution in [1.29, 1.82) is 5.26 Å². The van der Waals surface area contributed by atoms with Crippen molar-refractivity contribution in [2.45, 2.75) is 17.5 Å². The number of hydrogen-bond acceptors (Lipinski definition) is 5. The Bertz CT molecular complexity index is 1100. The van der Waals surface area contributed by atoms with E-state index < -0.39 is 44.9 Å². The molecule has 154 valence electrons. The van der Waals surface area contributed by atoms with Crippen molar-refractivity contribution in [1.82, 2.24) is 0 Å². The van der Waals surface area contributed by atoms with Gasteiger partial charge in [-0.25, -0.2) is 8.42 Å². The molecule has 0 aliphatic rings. The molecule has 0 saturated heterocycles. The molecule has 2 rings (SSSR count). The summed E-state index contributed by atoms with van der Waals surface area (Å²) < 4.78 is 63.8. The van der Waals surface area contributed by atoms with E-state index in [0.29, 0.717) is 0 Å². The van der Waals surface area contributed by atoms with Crippen LogP contribution in [-0.2, 0) is 21.1 Å². The number of benzene rings is 2. The van der Waals surface area contributed by atoms with Crippen molar-refractivity contribution in [3.05, 3.63) is 52.5 Å². The molecule has 2 aromatic carbocycles. The molecule has 0 aliphatic carbocycles. The van der Waals surface area contributed by atoms with Crippen LogP contribution in [0.25, 0.3) is 0 Å². The molecule has 0 bridgehead atoms. The molecule has 0 aromatic heterocycles. The monoisotopic (exact) mass is 446 g/mol. The Morgan fingerprint density at radius 2 is 1.97 bits per heavy atom. The number of nitrogens with one attached hydrogen (secondary N) is 1. The SMILES string of the molecule is CS(=O)(=O)c1cccc(CC(C(=O)Nc2ccc(C#N)c(Cl)c2)C(F)(F)F)c1O. The van der Waals surface area contributed by atoms with E-state index in [9.17, 15) is 31.5 Å². The van der Waals surface area contributed by atoms with E-state index in [1.807, 2.05) is 0 Å². The highest BCUT2D eigenvalue weighted by atomic mass is 35.5. The van der Waals surface area contributed by atoms with Gasteiger partial charge in [-0.15, -0.1) is 0 Å². The van der Waals surface area contributed by atoms with E-state index in [4.69, 9.17) is 16.9 Å². The van der Waals surface area contributed by atoms with Gasteiger partial charge >= 0.3 is 6.18 Å². The van der Waals surface area contributed by atoms with Gasteiger partial charge in [0.1, 0.15) is 22.6 Å². The first-order valence-electron chi connectivity index (χ1n) is 7.92. The maximum atomic E-state index is 13.5. The predicted octanol–water partition coefficient (Wildman–Crippen LogP) is 3.68. The number of alkyl halides is 3. The normalized spacial score (nSPS) is 12.8. The summed E-state index contributed by atoms with van der Waals surface area (Å²) in [6.45, 7) is 0. The van der Waals surface area contributed by atoms with E-state index in [0.717, 1.165) is 24.5 Å². The lowest BCUT2D eigenvalue weighted by Gasteiger charge is -2.21. The Kier molecular flexibility index (Phi) is 6.45. The highest BCUT2D eigenvalue weighted by Gasteiger charge is 2.45. The van der Waals surface area contributed by atoms with Crippen molar-refractivity contribution < 1.29 is 31.5 Å². The van der Waals surface area contributed by atoms with Gasteiger partial charge in [0.25, 0.3) is 0 Å². The van der Waals surface area contributed by atoms with Gasteiger partial charge in [-0.05, 0) is 36.2 Å². The number of hydrogen-bond donors (Lipinski definition) is 2. The van der Waals surface area contributed by atoms with Crippen molar-refractivity contribution in [3.8, 4) is 11.8 Å². The summed E-state index contributed by atoms with van der Waals surface area (Å²) in [5.74, 6) is -4.83. The molecule has 0 heterocycles. The fraction of sp³-hybridized carbons (Fsp3) is 0.222. The Balaban J connectivity index is 2.35. The summed E-state index contributed by atoms with van der Waals surface area (Å²) >= 11 is 5.81. The van der Waals surface area contributed by atoms with Gasteiger partial charge in [0, 0.05) is 11.9 Å². The highest BCUT2D eigenvalue weighted by molar-refractivity contribution is 7.90. The van der Waals surface area contributed by atoms with E-state index in [1.165, 1.54) is 18.2 Å². The number of aromatic hydroxyl groups is 1. The van der Waals surface area contributed by atoms with Crippen molar-refractivity contribution in [3.63, 3.8) is 0 Å². The number of rotatable bonds is 5. The maximum Gasteiger partial charge on any atom is 0.400 e. The standard InChI is InChI=1S/C18H14ClF3N2O4S/c1-29(27,28)15-4-2-3-10(16(15)25)7-13(18(20,21)22)17(26)24-12-6-5-11(9-23)14(19)8-12/h2-6,8,13,25H,7H2,1H3,(H,24,26). The van der Waals surface area contributed by atoms with Crippen LogP contribution in [0, 0.1) is 17.2 Å². The van der Waals surface area contributed by atoms with Gasteiger partial charge in [0.2, 0.25) is 5.91 Å². The molecule has 2 N–H and O–H groups in total. The molecular formula is C18H14ClF3N2O4S. The Morgan fingerprint density at radius 1 is 1.31 bits per heavy atom. The van der Waals surface area contributed by atoms with Crippen LogP contribution in [0.3, 0.4) is 0 Å². The maximum absolute atomic E-state index is 13.5. The zero-order valence-electron chi connectivity index (χ0n) is 14.8. The van der Waals surface area contributed by atoms with Gasteiger partial charge in [-0.2, -0.15) is 18.4 Å². The quantitative estimate of drug-likeness (QED) is 0.728. The fourth-order valence-electron chi connectivity index (χ4n) is 2.52. The minimum absolute atomic E-state index is 0.0487. The second-order valence-electron chi connectivity index (χ2n) is 6.13. The number of amides is 1. The lowest BCUT2D eigenvalue weighted by Crippen LogP contribution is -2.36.